The molecule has 1 aromatic heterocycles. The van der Waals surface area contributed by atoms with E-state index in [-0.39, 0.29) is 24.3 Å². The van der Waals surface area contributed by atoms with E-state index in [0.29, 0.717) is 58.7 Å². The summed E-state index contributed by atoms with van der Waals surface area (Å²) >= 11 is 11.3. The van der Waals surface area contributed by atoms with E-state index in [1.165, 1.54) is 37.2 Å². The lowest BCUT2D eigenvalue weighted by atomic mass is 9.95. The Morgan fingerprint density at radius 1 is 1.15 bits per heavy atom. The molecule has 0 saturated carbocycles. The third kappa shape index (κ3) is 5.93. The summed E-state index contributed by atoms with van der Waals surface area (Å²) in [5.41, 5.74) is 1.55. The highest BCUT2D eigenvalue weighted by molar-refractivity contribution is 9.10. The molecule has 1 aliphatic rings. The standard InChI is InChI=1S/C29H28BrClN2O7S/c1-7-9-40-26-19(31)10-16(11-22(26)38-6)12-23-27(34)33-25(17-13-20(36-4)21(37-5)14-18(17)30)24(28(35)39-8-2)15(3)32-29(33)41-23/h7,10-14,25H,1,8-9H2,2-6H3/b23-12-/t25-/m1/s1. The minimum absolute atomic E-state index is 0.162. The zero-order chi connectivity index (χ0) is 29.8. The van der Waals surface area contributed by atoms with Crippen molar-refractivity contribution in [3.8, 4) is 23.0 Å². The molecule has 0 bridgehead atoms. The number of fused-ring (bicyclic) bond motifs is 1. The van der Waals surface area contributed by atoms with Gasteiger partial charge in [-0.25, -0.2) is 9.79 Å². The number of benzene rings is 2. The molecule has 0 spiro atoms. The van der Waals surface area contributed by atoms with Gasteiger partial charge in [0, 0.05) is 4.47 Å². The molecule has 0 amide bonds. The van der Waals surface area contributed by atoms with Gasteiger partial charge in [-0.1, -0.05) is 51.5 Å². The van der Waals surface area contributed by atoms with Crippen molar-refractivity contribution < 1.29 is 28.5 Å². The molecule has 0 N–H and O–H groups in total. The topological polar surface area (TPSA) is 97.6 Å². The van der Waals surface area contributed by atoms with Gasteiger partial charge in [-0.15, -0.1) is 0 Å². The molecule has 1 aliphatic heterocycles. The fourth-order valence-corrected chi connectivity index (χ4v) is 6.28. The van der Waals surface area contributed by atoms with Crippen LogP contribution in [0, 0.1) is 0 Å². The van der Waals surface area contributed by atoms with Gasteiger partial charge < -0.3 is 23.7 Å². The van der Waals surface area contributed by atoms with Gasteiger partial charge in [-0.2, -0.15) is 0 Å². The van der Waals surface area contributed by atoms with Crippen LogP contribution in [0.4, 0.5) is 0 Å². The molecule has 9 nitrogen and oxygen atoms in total. The van der Waals surface area contributed by atoms with Crippen LogP contribution in [0.1, 0.15) is 31.0 Å². The van der Waals surface area contributed by atoms with Crippen LogP contribution in [-0.2, 0) is 9.53 Å². The first-order chi connectivity index (χ1) is 19.7. The van der Waals surface area contributed by atoms with E-state index in [9.17, 15) is 9.59 Å². The Labute approximate surface area is 254 Å². The Bertz CT molecular complexity index is 1730. The van der Waals surface area contributed by atoms with Gasteiger partial charge in [-0.3, -0.25) is 9.36 Å². The lowest BCUT2D eigenvalue weighted by molar-refractivity contribution is -0.139. The number of esters is 1. The van der Waals surface area contributed by atoms with Crippen molar-refractivity contribution in [3.63, 3.8) is 0 Å². The van der Waals surface area contributed by atoms with Crippen LogP contribution in [0.5, 0.6) is 23.0 Å². The van der Waals surface area contributed by atoms with E-state index >= 15 is 0 Å². The van der Waals surface area contributed by atoms with Crippen molar-refractivity contribution >= 4 is 50.9 Å². The second kappa shape index (κ2) is 13.0. The second-order valence-electron chi connectivity index (χ2n) is 8.66. The number of aromatic nitrogens is 1. The summed E-state index contributed by atoms with van der Waals surface area (Å²) in [6, 6.07) is 6.01. The van der Waals surface area contributed by atoms with E-state index in [2.05, 4.69) is 27.5 Å². The van der Waals surface area contributed by atoms with Gasteiger partial charge in [0.05, 0.1) is 54.8 Å². The molecule has 3 aromatic rings. The van der Waals surface area contributed by atoms with E-state index in [1.807, 2.05) is 0 Å². The Hall–Kier alpha value is -3.54. The van der Waals surface area contributed by atoms with Crippen LogP contribution < -0.4 is 33.8 Å². The number of allylic oxidation sites excluding steroid dienone is 1. The summed E-state index contributed by atoms with van der Waals surface area (Å²) in [5, 5.41) is 0.317. The number of carbonyl (C=O) groups excluding carboxylic acids is 1. The number of hydrogen-bond donors (Lipinski definition) is 0. The predicted octanol–water partition coefficient (Wildman–Crippen LogP) is 4.80. The lowest BCUT2D eigenvalue weighted by Gasteiger charge is -2.26. The van der Waals surface area contributed by atoms with Crippen LogP contribution >= 0.6 is 38.9 Å². The molecule has 1 atom stereocenters. The number of ether oxygens (including phenoxy) is 5. The van der Waals surface area contributed by atoms with Gasteiger partial charge in [0.2, 0.25) is 0 Å². The maximum Gasteiger partial charge on any atom is 0.338 e. The highest BCUT2D eigenvalue weighted by Gasteiger charge is 2.35. The molecule has 0 unspecified atom stereocenters. The molecule has 216 valence electrons. The van der Waals surface area contributed by atoms with Crippen molar-refractivity contribution in [3.05, 3.63) is 88.5 Å². The van der Waals surface area contributed by atoms with Gasteiger partial charge >= 0.3 is 5.97 Å². The smallest absolute Gasteiger partial charge is 0.338 e. The lowest BCUT2D eigenvalue weighted by Crippen LogP contribution is -2.40. The minimum atomic E-state index is -0.852. The number of nitrogens with zero attached hydrogens (tertiary/aromatic N) is 2. The van der Waals surface area contributed by atoms with Crippen molar-refractivity contribution in [2.75, 3.05) is 34.5 Å². The van der Waals surface area contributed by atoms with Crippen molar-refractivity contribution in [2.24, 2.45) is 4.99 Å². The molecule has 12 heteroatoms. The maximum atomic E-state index is 14.0. The average molecular weight is 664 g/mol. The van der Waals surface area contributed by atoms with Gasteiger partial charge in [0.25, 0.3) is 5.56 Å². The summed E-state index contributed by atoms with van der Waals surface area (Å²) in [5.74, 6) is 1.14. The molecular weight excluding hydrogens is 636 g/mol. The van der Waals surface area contributed by atoms with E-state index in [4.69, 9.17) is 35.3 Å². The van der Waals surface area contributed by atoms with Crippen LogP contribution in [0.2, 0.25) is 5.02 Å². The fourth-order valence-electron chi connectivity index (χ4n) is 4.42. The van der Waals surface area contributed by atoms with Crippen molar-refractivity contribution in [1.82, 2.24) is 4.57 Å². The first-order valence-electron chi connectivity index (χ1n) is 12.4. The summed E-state index contributed by atoms with van der Waals surface area (Å²) in [6.07, 6.45) is 3.30. The fraction of sp³-hybridized carbons (Fsp3) is 0.276. The third-order valence-electron chi connectivity index (χ3n) is 6.21. The molecule has 0 aliphatic carbocycles. The molecular formula is C29H28BrClN2O7S. The molecule has 2 heterocycles. The number of halogens is 2. The highest BCUT2D eigenvalue weighted by Crippen LogP contribution is 2.41. The average Bonchev–Trinajstić information content (AvgIpc) is 3.25. The molecule has 0 fully saturated rings. The van der Waals surface area contributed by atoms with Crippen molar-refractivity contribution in [1.29, 1.82) is 0 Å². The summed E-state index contributed by atoms with van der Waals surface area (Å²) in [4.78, 5) is 32.3. The van der Waals surface area contributed by atoms with Gasteiger partial charge in [-0.05, 0) is 55.3 Å². The molecule has 0 saturated heterocycles. The number of carbonyl (C=O) groups is 1. The molecule has 0 radical (unpaired) electrons. The Morgan fingerprint density at radius 3 is 2.46 bits per heavy atom. The van der Waals surface area contributed by atoms with Gasteiger partial charge in [0.1, 0.15) is 6.61 Å². The quantitative estimate of drug-likeness (QED) is 0.227. The number of hydrogen-bond acceptors (Lipinski definition) is 9. The number of thiazole rings is 1. The van der Waals surface area contributed by atoms with Crippen LogP contribution in [-0.4, -0.2) is 45.1 Å². The highest BCUT2D eigenvalue weighted by atomic mass is 79.9. The normalized spacial score (nSPS) is 14.7. The Kier molecular flexibility index (Phi) is 9.62. The zero-order valence-electron chi connectivity index (χ0n) is 23.1. The Morgan fingerprint density at radius 2 is 1.83 bits per heavy atom. The van der Waals surface area contributed by atoms with Crippen molar-refractivity contribution in [2.45, 2.75) is 19.9 Å². The predicted molar refractivity (Wildman–Crippen MR) is 161 cm³/mol. The molecule has 4 rings (SSSR count). The molecule has 41 heavy (non-hydrogen) atoms. The largest absolute Gasteiger partial charge is 0.493 e. The van der Waals surface area contributed by atoms with Crippen LogP contribution in [0.25, 0.3) is 6.08 Å². The third-order valence-corrected chi connectivity index (χ3v) is 8.16. The number of methoxy groups -OCH3 is 3. The summed E-state index contributed by atoms with van der Waals surface area (Å²) in [6.45, 7) is 7.50. The maximum absolute atomic E-state index is 14.0. The Balaban J connectivity index is 1.96. The first kappa shape index (κ1) is 30.4. The van der Waals surface area contributed by atoms with Crippen LogP contribution in [0.15, 0.2) is 62.5 Å². The van der Waals surface area contributed by atoms with E-state index < -0.39 is 12.0 Å². The second-order valence-corrected chi connectivity index (χ2v) is 10.9. The zero-order valence-corrected chi connectivity index (χ0v) is 26.2. The number of rotatable bonds is 10. The monoisotopic (exact) mass is 662 g/mol. The van der Waals surface area contributed by atoms with Gasteiger partial charge in [0.15, 0.2) is 27.8 Å². The SMILES string of the molecule is C=CCOc1c(Cl)cc(/C=c2\sc3n(c2=O)[C@H](c2cc(OC)c(OC)cc2Br)C(C(=O)OCC)=C(C)N=3)cc1OC. The van der Waals surface area contributed by atoms with E-state index in [0.717, 1.165) is 0 Å². The summed E-state index contributed by atoms with van der Waals surface area (Å²) < 4.78 is 29.9. The van der Waals surface area contributed by atoms with E-state index in [1.54, 1.807) is 50.3 Å². The minimum Gasteiger partial charge on any atom is -0.493 e. The first-order valence-corrected chi connectivity index (χ1v) is 14.4. The summed E-state index contributed by atoms with van der Waals surface area (Å²) in [7, 11) is 4.55. The van der Waals surface area contributed by atoms with Crippen LogP contribution in [0.3, 0.4) is 0 Å². The molecule has 2 aromatic carbocycles.